The lowest BCUT2D eigenvalue weighted by atomic mass is 10.1. The summed E-state index contributed by atoms with van der Waals surface area (Å²) in [5.41, 5.74) is 1.50. The van der Waals surface area contributed by atoms with Crippen molar-refractivity contribution in [2.45, 2.75) is 26.2 Å². The van der Waals surface area contributed by atoms with Gasteiger partial charge in [0.05, 0.1) is 5.69 Å². The Morgan fingerprint density at radius 1 is 1.62 bits per heavy atom. The molecule has 3 heteroatoms. The van der Waals surface area contributed by atoms with Crippen LogP contribution in [0.4, 0.5) is 0 Å². The first-order valence-electron chi connectivity index (χ1n) is 4.43. The van der Waals surface area contributed by atoms with Crippen molar-refractivity contribution in [3.63, 3.8) is 0 Å². The third kappa shape index (κ3) is 2.84. The number of thiol groups is 1. The molecule has 0 saturated carbocycles. The third-order valence-corrected chi connectivity index (χ3v) is 2.13. The van der Waals surface area contributed by atoms with Crippen LogP contribution >= 0.6 is 12.6 Å². The summed E-state index contributed by atoms with van der Waals surface area (Å²) in [5.74, 6) is 0. The maximum absolute atomic E-state index is 11.1. The van der Waals surface area contributed by atoms with Crippen LogP contribution in [0.5, 0.6) is 0 Å². The highest BCUT2D eigenvalue weighted by molar-refractivity contribution is 7.97. The number of carbonyl (C=O) groups is 1. The monoisotopic (exact) mass is 195 g/mol. The molecule has 0 bridgehead atoms. The quantitative estimate of drug-likeness (QED) is 0.748. The summed E-state index contributed by atoms with van der Waals surface area (Å²) in [6.45, 7) is 2.12. The summed E-state index contributed by atoms with van der Waals surface area (Å²) in [4.78, 5) is 15.2. The van der Waals surface area contributed by atoms with Crippen LogP contribution in [-0.4, -0.2) is 10.1 Å². The van der Waals surface area contributed by atoms with Gasteiger partial charge in [-0.2, -0.15) is 0 Å². The predicted octanol–water partition coefficient (Wildman–Crippen LogP) is 2.49. The average Bonchev–Trinajstić information content (AvgIpc) is 2.15. The van der Waals surface area contributed by atoms with Gasteiger partial charge in [-0.1, -0.05) is 13.3 Å². The minimum atomic E-state index is -0.195. The van der Waals surface area contributed by atoms with Gasteiger partial charge in [-0.3, -0.25) is 9.78 Å². The largest absolute Gasteiger partial charge is 0.282 e. The number of nitrogens with zero attached hydrogens (tertiary/aromatic N) is 1. The topological polar surface area (TPSA) is 30.0 Å². The van der Waals surface area contributed by atoms with Crippen LogP contribution < -0.4 is 0 Å². The first kappa shape index (κ1) is 10.3. The minimum absolute atomic E-state index is 0.195. The smallest absolute Gasteiger partial charge is 0.218 e. The van der Waals surface area contributed by atoms with Gasteiger partial charge >= 0.3 is 0 Å². The molecule has 0 atom stereocenters. The van der Waals surface area contributed by atoms with E-state index in [2.05, 4.69) is 24.5 Å². The Bertz CT molecular complexity index is 299. The average molecular weight is 195 g/mol. The SMILES string of the molecule is CCCCc1ncccc1C(=O)S. The molecule has 13 heavy (non-hydrogen) atoms. The molecule has 0 aromatic carbocycles. The highest BCUT2D eigenvalue weighted by Crippen LogP contribution is 2.11. The molecule has 0 spiro atoms. The van der Waals surface area contributed by atoms with Gasteiger partial charge in [0.15, 0.2) is 0 Å². The van der Waals surface area contributed by atoms with E-state index in [0.29, 0.717) is 5.56 Å². The molecule has 0 saturated heterocycles. The highest BCUT2D eigenvalue weighted by Gasteiger charge is 2.06. The molecule has 0 N–H and O–H groups in total. The number of aryl methyl sites for hydroxylation is 1. The molecule has 1 aromatic heterocycles. The van der Waals surface area contributed by atoms with Gasteiger partial charge in [0.25, 0.3) is 0 Å². The van der Waals surface area contributed by atoms with Gasteiger partial charge in [0.2, 0.25) is 5.12 Å². The first-order chi connectivity index (χ1) is 6.25. The standard InChI is InChI=1S/C10H13NOS/c1-2-3-6-9-8(10(12)13)5-4-7-11-9/h4-5,7H,2-3,6H2,1H3,(H,12,13). The number of rotatable bonds is 4. The van der Waals surface area contributed by atoms with E-state index >= 15 is 0 Å². The fraction of sp³-hybridized carbons (Fsp3) is 0.400. The summed E-state index contributed by atoms with van der Waals surface area (Å²) in [5, 5.41) is -0.195. The van der Waals surface area contributed by atoms with Gasteiger partial charge in [-0.05, 0) is 25.0 Å². The fourth-order valence-corrected chi connectivity index (χ4v) is 1.38. The van der Waals surface area contributed by atoms with Crippen LogP contribution in [0, 0.1) is 0 Å². The fourth-order valence-electron chi connectivity index (χ4n) is 1.18. The lowest BCUT2D eigenvalue weighted by Gasteiger charge is -2.03. The molecule has 0 aliphatic rings. The zero-order valence-electron chi connectivity index (χ0n) is 7.66. The van der Waals surface area contributed by atoms with Gasteiger partial charge in [-0.15, -0.1) is 12.6 Å². The summed E-state index contributed by atoms with van der Waals surface area (Å²) in [7, 11) is 0. The molecular formula is C10H13NOS. The van der Waals surface area contributed by atoms with E-state index < -0.39 is 0 Å². The van der Waals surface area contributed by atoms with E-state index in [1.54, 1.807) is 18.3 Å². The first-order valence-corrected chi connectivity index (χ1v) is 4.87. The van der Waals surface area contributed by atoms with Crippen molar-refractivity contribution in [1.29, 1.82) is 0 Å². The third-order valence-electron chi connectivity index (χ3n) is 1.89. The molecule has 0 fully saturated rings. The number of carbonyl (C=O) groups excluding carboxylic acids is 1. The molecule has 0 radical (unpaired) electrons. The molecule has 0 unspecified atom stereocenters. The molecule has 0 amide bonds. The number of hydrogen-bond donors (Lipinski definition) is 1. The lowest BCUT2D eigenvalue weighted by Crippen LogP contribution is -2.00. The van der Waals surface area contributed by atoms with Crippen molar-refractivity contribution in [3.05, 3.63) is 29.6 Å². The predicted molar refractivity (Wildman–Crippen MR) is 56.2 cm³/mol. The van der Waals surface area contributed by atoms with Crippen LogP contribution in [0.25, 0.3) is 0 Å². The van der Waals surface area contributed by atoms with E-state index in [9.17, 15) is 4.79 Å². The maximum atomic E-state index is 11.1. The number of hydrogen-bond acceptors (Lipinski definition) is 2. The minimum Gasteiger partial charge on any atom is -0.282 e. The van der Waals surface area contributed by atoms with Crippen molar-refractivity contribution < 1.29 is 4.79 Å². The Morgan fingerprint density at radius 3 is 3.00 bits per heavy atom. The number of pyridine rings is 1. The maximum Gasteiger partial charge on any atom is 0.218 e. The second-order valence-corrected chi connectivity index (χ2v) is 3.31. The lowest BCUT2D eigenvalue weighted by molar-refractivity contribution is 0.109. The van der Waals surface area contributed by atoms with Crippen molar-refractivity contribution >= 4 is 17.7 Å². The Labute approximate surface area is 83.8 Å². The normalized spacial score (nSPS) is 10.0. The molecule has 0 aliphatic carbocycles. The van der Waals surface area contributed by atoms with Crippen LogP contribution in [0.1, 0.15) is 35.8 Å². The van der Waals surface area contributed by atoms with E-state index in [0.717, 1.165) is 25.0 Å². The van der Waals surface area contributed by atoms with Crippen molar-refractivity contribution in [2.75, 3.05) is 0 Å². The summed E-state index contributed by atoms with van der Waals surface area (Å²) >= 11 is 3.80. The second kappa shape index (κ2) is 5.02. The summed E-state index contributed by atoms with van der Waals surface area (Å²) < 4.78 is 0. The summed E-state index contributed by atoms with van der Waals surface area (Å²) in [6.07, 6.45) is 4.74. The molecular weight excluding hydrogens is 182 g/mol. The van der Waals surface area contributed by atoms with Crippen molar-refractivity contribution in [1.82, 2.24) is 4.98 Å². The Kier molecular flexibility index (Phi) is 3.96. The number of aromatic nitrogens is 1. The molecule has 1 heterocycles. The van der Waals surface area contributed by atoms with Gasteiger partial charge < -0.3 is 0 Å². The van der Waals surface area contributed by atoms with E-state index in [1.165, 1.54) is 0 Å². The van der Waals surface area contributed by atoms with Crippen LogP contribution in [0.3, 0.4) is 0 Å². The Hall–Kier alpha value is -0.830. The zero-order chi connectivity index (χ0) is 9.68. The number of unbranched alkanes of at least 4 members (excludes halogenated alkanes) is 1. The van der Waals surface area contributed by atoms with Crippen molar-refractivity contribution in [2.24, 2.45) is 0 Å². The molecule has 1 aromatic rings. The molecule has 2 nitrogen and oxygen atoms in total. The van der Waals surface area contributed by atoms with Gasteiger partial charge in [-0.25, -0.2) is 0 Å². The summed E-state index contributed by atoms with van der Waals surface area (Å²) in [6, 6.07) is 3.53. The Morgan fingerprint density at radius 2 is 2.38 bits per heavy atom. The highest BCUT2D eigenvalue weighted by atomic mass is 32.1. The van der Waals surface area contributed by atoms with Gasteiger partial charge in [0, 0.05) is 11.8 Å². The van der Waals surface area contributed by atoms with Crippen LogP contribution in [0.15, 0.2) is 18.3 Å². The van der Waals surface area contributed by atoms with Gasteiger partial charge in [0.1, 0.15) is 0 Å². The Balaban J connectivity index is 2.84. The van der Waals surface area contributed by atoms with E-state index in [-0.39, 0.29) is 5.12 Å². The zero-order valence-corrected chi connectivity index (χ0v) is 8.55. The van der Waals surface area contributed by atoms with E-state index in [4.69, 9.17) is 0 Å². The van der Waals surface area contributed by atoms with Crippen LogP contribution in [0.2, 0.25) is 0 Å². The molecule has 0 aliphatic heterocycles. The molecule has 70 valence electrons. The van der Waals surface area contributed by atoms with Crippen LogP contribution in [-0.2, 0) is 6.42 Å². The van der Waals surface area contributed by atoms with E-state index in [1.807, 2.05) is 0 Å². The molecule has 1 rings (SSSR count). The van der Waals surface area contributed by atoms with Crippen molar-refractivity contribution in [3.8, 4) is 0 Å². The second-order valence-electron chi connectivity index (χ2n) is 2.91.